The van der Waals surface area contributed by atoms with Crippen molar-refractivity contribution in [2.75, 3.05) is 0 Å². The first-order valence-corrected chi connectivity index (χ1v) is 5.45. The molecular weight excluding hydrogens is 176 g/mol. The van der Waals surface area contributed by atoms with Gasteiger partial charge in [0.15, 0.2) is 0 Å². The van der Waals surface area contributed by atoms with Crippen molar-refractivity contribution in [3.63, 3.8) is 0 Å². The van der Waals surface area contributed by atoms with Crippen LogP contribution in [0, 0.1) is 0 Å². The van der Waals surface area contributed by atoms with Crippen LogP contribution in [0.2, 0.25) is 0 Å². The van der Waals surface area contributed by atoms with E-state index < -0.39 is 0 Å². The summed E-state index contributed by atoms with van der Waals surface area (Å²) in [4.78, 5) is 0. The maximum absolute atomic E-state index is 8.61. The molecule has 0 amide bonds. The highest BCUT2D eigenvalue weighted by Crippen LogP contribution is 1.80. The molecule has 0 aromatic carbocycles. The van der Waals surface area contributed by atoms with Crippen molar-refractivity contribution in [3.05, 3.63) is 0 Å². The summed E-state index contributed by atoms with van der Waals surface area (Å²) >= 11 is 0. The molecule has 0 saturated carbocycles. The van der Waals surface area contributed by atoms with Crippen molar-refractivity contribution in [1.82, 2.24) is 10.6 Å². The lowest BCUT2D eigenvalue weighted by Crippen LogP contribution is -2.31. The smallest absolute Gasteiger partial charge is 0.102 e. The number of rotatable bonds is 4. The highest BCUT2D eigenvalue weighted by atomic mass is 16.3. The zero-order chi connectivity index (χ0) is 11.7. The first-order valence-electron chi connectivity index (χ1n) is 5.45. The summed E-state index contributed by atoms with van der Waals surface area (Å²) in [5.74, 6) is 0. The van der Waals surface area contributed by atoms with E-state index in [1.54, 1.807) is 6.92 Å². The zero-order valence-corrected chi connectivity index (χ0v) is 10.8. The van der Waals surface area contributed by atoms with E-state index in [1.807, 2.05) is 13.8 Å². The van der Waals surface area contributed by atoms with Crippen LogP contribution in [0.25, 0.3) is 0 Å². The van der Waals surface area contributed by atoms with E-state index in [1.165, 1.54) is 0 Å². The van der Waals surface area contributed by atoms with E-state index in [0.717, 1.165) is 0 Å². The molecule has 1 unspecified atom stereocenters. The summed E-state index contributed by atoms with van der Waals surface area (Å²) in [5.41, 5.74) is 0. The van der Waals surface area contributed by atoms with Crippen LogP contribution in [0.3, 0.4) is 0 Å². The zero-order valence-electron chi connectivity index (χ0n) is 10.8. The van der Waals surface area contributed by atoms with Crippen molar-refractivity contribution in [2.24, 2.45) is 0 Å². The maximum Gasteiger partial charge on any atom is 0.102 e. The van der Waals surface area contributed by atoms with E-state index in [2.05, 4.69) is 38.3 Å². The van der Waals surface area contributed by atoms with Gasteiger partial charge in [0.2, 0.25) is 0 Å². The predicted molar refractivity (Wildman–Crippen MR) is 63.4 cm³/mol. The molecule has 0 radical (unpaired) electrons. The van der Waals surface area contributed by atoms with Crippen LogP contribution in [0.1, 0.15) is 48.5 Å². The number of hydrogen-bond acceptors (Lipinski definition) is 3. The largest absolute Gasteiger partial charge is 0.379 e. The SMILES string of the molecule is CC(C)NC(C)C.CC(C)NC(C)O. The van der Waals surface area contributed by atoms with Gasteiger partial charge in [-0.3, -0.25) is 5.32 Å². The summed E-state index contributed by atoms with van der Waals surface area (Å²) in [5, 5.41) is 14.8. The monoisotopic (exact) mass is 204 g/mol. The minimum Gasteiger partial charge on any atom is -0.379 e. The van der Waals surface area contributed by atoms with E-state index in [0.29, 0.717) is 18.1 Å². The van der Waals surface area contributed by atoms with Gasteiger partial charge in [-0.15, -0.1) is 0 Å². The fourth-order valence-corrected chi connectivity index (χ4v) is 1.15. The van der Waals surface area contributed by atoms with E-state index in [-0.39, 0.29) is 6.23 Å². The minimum absolute atomic E-state index is 0.375. The fraction of sp³-hybridized carbons (Fsp3) is 1.00. The molecule has 3 heteroatoms. The van der Waals surface area contributed by atoms with Crippen LogP contribution in [0.4, 0.5) is 0 Å². The number of hydrogen-bond donors (Lipinski definition) is 3. The molecule has 0 aliphatic heterocycles. The Morgan fingerprint density at radius 1 is 0.643 bits per heavy atom. The van der Waals surface area contributed by atoms with Crippen LogP contribution in [-0.2, 0) is 0 Å². The molecule has 0 heterocycles. The second-order valence-electron chi connectivity index (χ2n) is 4.47. The first kappa shape index (κ1) is 16.3. The molecule has 3 N–H and O–H groups in total. The topological polar surface area (TPSA) is 44.3 Å². The lowest BCUT2D eigenvalue weighted by Gasteiger charge is -2.10. The number of aliphatic hydroxyl groups is 1. The number of nitrogens with one attached hydrogen (secondary N) is 2. The Morgan fingerprint density at radius 3 is 0.929 bits per heavy atom. The Morgan fingerprint density at radius 2 is 0.929 bits per heavy atom. The average molecular weight is 204 g/mol. The van der Waals surface area contributed by atoms with Gasteiger partial charge in [-0.25, -0.2) is 0 Å². The van der Waals surface area contributed by atoms with Crippen LogP contribution >= 0.6 is 0 Å². The molecule has 0 aromatic rings. The van der Waals surface area contributed by atoms with Crippen LogP contribution in [0.15, 0.2) is 0 Å². The maximum atomic E-state index is 8.61. The lowest BCUT2D eigenvalue weighted by atomic mass is 10.3. The molecular formula is C11H28N2O. The summed E-state index contributed by atoms with van der Waals surface area (Å²) < 4.78 is 0. The highest BCUT2D eigenvalue weighted by molar-refractivity contribution is 4.55. The Kier molecular flexibility index (Phi) is 11.0. The van der Waals surface area contributed by atoms with Crippen molar-refractivity contribution >= 4 is 0 Å². The Hall–Kier alpha value is -0.120. The molecule has 0 aliphatic carbocycles. The Balaban J connectivity index is 0. The van der Waals surface area contributed by atoms with Crippen LogP contribution < -0.4 is 10.6 Å². The van der Waals surface area contributed by atoms with Gasteiger partial charge in [-0.05, 0) is 20.8 Å². The van der Waals surface area contributed by atoms with Crippen molar-refractivity contribution in [1.29, 1.82) is 0 Å². The van der Waals surface area contributed by atoms with Crippen molar-refractivity contribution in [3.8, 4) is 0 Å². The summed E-state index contributed by atoms with van der Waals surface area (Å²) in [6.45, 7) is 14.3. The van der Waals surface area contributed by atoms with Gasteiger partial charge in [0, 0.05) is 18.1 Å². The minimum atomic E-state index is -0.375. The molecule has 0 fully saturated rings. The van der Waals surface area contributed by atoms with E-state index in [4.69, 9.17) is 5.11 Å². The summed E-state index contributed by atoms with van der Waals surface area (Å²) in [7, 11) is 0. The third-order valence-electron chi connectivity index (χ3n) is 1.24. The molecule has 0 aromatic heterocycles. The van der Waals surface area contributed by atoms with Gasteiger partial charge in [-0.2, -0.15) is 0 Å². The average Bonchev–Trinajstić information content (AvgIpc) is 1.79. The van der Waals surface area contributed by atoms with Crippen molar-refractivity contribution in [2.45, 2.75) is 72.8 Å². The molecule has 0 saturated heterocycles. The second-order valence-corrected chi connectivity index (χ2v) is 4.47. The molecule has 0 bridgehead atoms. The molecule has 0 aliphatic rings. The Labute approximate surface area is 89.3 Å². The van der Waals surface area contributed by atoms with Gasteiger partial charge in [-0.1, -0.05) is 27.7 Å². The first-order chi connectivity index (χ1) is 6.25. The molecule has 3 nitrogen and oxygen atoms in total. The standard InChI is InChI=1S/C6H15N.C5H13NO/c1-5(2)7-6(3)4;1-4(2)6-5(3)7/h5-7H,1-4H3;4-7H,1-3H3. The summed E-state index contributed by atoms with van der Waals surface area (Å²) in [6, 6.07) is 1.62. The predicted octanol–water partition coefficient (Wildman–Crippen LogP) is 1.72. The van der Waals surface area contributed by atoms with Gasteiger partial charge in [0.05, 0.1) is 0 Å². The molecule has 1 atom stereocenters. The van der Waals surface area contributed by atoms with Gasteiger partial charge in [0.1, 0.15) is 6.23 Å². The van der Waals surface area contributed by atoms with E-state index in [9.17, 15) is 0 Å². The van der Waals surface area contributed by atoms with Crippen LogP contribution in [0.5, 0.6) is 0 Å². The molecule has 0 rings (SSSR count). The third-order valence-corrected chi connectivity index (χ3v) is 1.24. The highest BCUT2D eigenvalue weighted by Gasteiger charge is 1.94. The second kappa shape index (κ2) is 9.44. The fourth-order valence-electron chi connectivity index (χ4n) is 1.15. The summed E-state index contributed by atoms with van der Waals surface area (Å²) in [6.07, 6.45) is -0.375. The number of aliphatic hydroxyl groups excluding tert-OH is 1. The van der Waals surface area contributed by atoms with Crippen molar-refractivity contribution < 1.29 is 5.11 Å². The molecule has 14 heavy (non-hydrogen) atoms. The molecule has 0 spiro atoms. The van der Waals surface area contributed by atoms with Gasteiger partial charge >= 0.3 is 0 Å². The van der Waals surface area contributed by atoms with Crippen LogP contribution in [-0.4, -0.2) is 29.5 Å². The third kappa shape index (κ3) is 22.6. The Bertz CT molecular complexity index is 85.9. The lowest BCUT2D eigenvalue weighted by molar-refractivity contribution is 0.146. The van der Waals surface area contributed by atoms with Gasteiger partial charge < -0.3 is 10.4 Å². The quantitative estimate of drug-likeness (QED) is 0.611. The molecule has 88 valence electrons. The van der Waals surface area contributed by atoms with E-state index >= 15 is 0 Å². The normalized spacial score (nSPS) is 13.1. The van der Waals surface area contributed by atoms with Gasteiger partial charge in [0.25, 0.3) is 0 Å².